The minimum atomic E-state index is -3.98. The number of amides is 1. The number of hydrogen-bond donors (Lipinski definition) is 2. The van der Waals surface area contributed by atoms with E-state index in [0.717, 1.165) is 46.3 Å². The number of rotatable bonds is 12. The largest absolute Gasteiger partial charge is 0.493 e. The van der Waals surface area contributed by atoms with Gasteiger partial charge in [-0.25, -0.2) is 13.1 Å². The number of nitrogens with zero attached hydrogens (tertiary/aromatic N) is 1. The van der Waals surface area contributed by atoms with Crippen LogP contribution in [0.15, 0.2) is 126 Å². The summed E-state index contributed by atoms with van der Waals surface area (Å²) in [6, 6.07) is 37.2. The Bertz CT molecular complexity index is 1930. The van der Waals surface area contributed by atoms with E-state index in [4.69, 9.17) is 4.74 Å². The van der Waals surface area contributed by atoms with Crippen molar-refractivity contribution in [3.8, 4) is 5.75 Å². The van der Waals surface area contributed by atoms with Gasteiger partial charge in [0.25, 0.3) is 0 Å². The average Bonchev–Trinajstić information content (AvgIpc) is 3.08. The topological polar surface area (TPSA) is 87.7 Å². The minimum absolute atomic E-state index is 0.0730. The summed E-state index contributed by atoms with van der Waals surface area (Å²) in [5, 5.41) is 5.26. The van der Waals surface area contributed by atoms with E-state index in [-0.39, 0.29) is 23.3 Å². The van der Waals surface area contributed by atoms with Gasteiger partial charge in [0.2, 0.25) is 15.9 Å². The van der Waals surface area contributed by atoms with E-state index in [0.29, 0.717) is 24.6 Å². The number of anilines is 1. The second-order valence-electron chi connectivity index (χ2n) is 12.3. The molecule has 2 atom stereocenters. The SMILES string of the molecule is CC(C)NCCc1ccc2c(c1)C(N(C(=O)CC(NS(=O)(=O)c1ccc3ccccc3c1)c1ccccc1)c1ccccc1)CCO2. The van der Waals surface area contributed by atoms with Crippen LogP contribution in [-0.4, -0.2) is 33.5 Å². The number of sulfonamides is 1. The van der Waals surface area contributed by atoms with Gasteiger partial charge in [-0.1, -0.05) is 98.8 Å². The third kappa shape index (κ3) is 7.73. The standard InChI is InChI=1S/C39H41N3O4S/c1-28(2)40-23-21-29-17-20-38-35(25-29)37(22-24-46-38)42(33-15-7-4-8-16-33)39(43)27-36(31-12-5-3-6-13-31)41-47(44,45)34-19-18-30-11-9-10-14-32(30)26-34/h3-20,25-26,28,36-37,40-41H,21-24,27H2,1-2H3. The Labute approximate surface area is 277 Å². The second-order valence-corrected chi connectivity index (χ2v) is 14.0. The van der Waals surface area contributed by atoms with Gasteiger partial charge >= 0.3 is 0 Å². The van der Waals surface area contributed by atoms with Crippen LogP contribution < -0.4 is 19.7 Å². The molecule has 1 amide bonds. The number of carbonyl (C=O) groups excluding carboxylic acids is 1. The van der Waals surface area contributed by atoms with E-state index in [1.54, 1.807) is 18.2 Å². The number of fused-ring (bicyclic) bond motifs is 2. The summed E-state index contributed by atoms with van der Waals surface area (Å²) in [5.41, 5.74) is 3.60. The normalized spacial score (nSPS) is 15.2. The van der Waals surface area contributed by atoms with Crippen molar-refractivity contribution in [2.24, 2.45) is 0 Å². The van der Waals surface area contributed by atoms with Crippen molar-refractivity contribution >= 4 is 32.4 Å². The number of hydrogen-bond acceptors (Lipinski definition) is 5. The lowest BCUT2D eigenvalue weighted by molar-refractivity contribution is -0.119. The Morgan fingerprint density at radius 2 is 1.55 bits per heavy atom. The first kappa shape index (κ1) is 32.4. The molecule has 0 spiro atoms. The molecule has 2 unspecified atom stereocenters. The number of carbonyl (C=O) groups is 1. The van der Waals surface area contributed by atoms with Gasteiger partial charge in [-0.2, -0.15) is 0 Å². The maximum Gasteiger partial charge on any atom is 0.241 e. The molecule has 2 N–H and O–H groups in total. The van der Waals surface area contributed by atoms with Crippen LogP contribution in [0.5, 0.6) is 5.75 Å². The summed E-state index contributed by atoms with van der Waals surface area (Å²) in [7, 11) is -3.98. The van der Waals surface area contributed by atoms with Crippen molar-refractivity contribution in [1.82, 2.24) is 10.0 Å². The molecule has 0 aliphatic carbocycles. The molecule has 8 heteroatoms. The molecule has 0 aromatic heterocycles. The van der Waals surface area contributed by atoms with Gasteiger partial charge in [0.05, 0.1) is 23.6 Å². The molecular formula is C39H41N3O4S. The zero-order valence-corrected chi connectivity index (χ0v) is 27.6. The van der Waals surface area contributed by atoms with Crippen LogP contribution in [0.1, 0.15) is 55.5 Å². The maximum absolute atomic E-state index is 14.6. The fourth-order valence-corrected chi connectivity index (χ4v) is 7.48. The van der Waals surface area contributed by atoms with Gasteiger partial charge in [-0.15, -0.1) is 0 Å². The molecular weight excluding hydrogens is 607 g/mol. The van der Waals surface area contributed by atoms with E-state index in [1.807, 2.05) is 95.9 Å². The Kier molecular flexibility index (Phi) is 10.0. The van der Waals surface area contributed by atoms with Crippen LogP contribution in [0.2, 0.25) is 0 Å². The molecule has 0 saturated heterocycles. The molecule has 1 aliphatic heterocycles. The molecule has 0 bridgehead atoms. The van der Waals surface area contributed by atoms with Crippen molar-refractivity contribution in [1.29, 1.82) is 0 Å². The predicted molar refractivity (Wildman–Crippen MR) is 188 cm³/mol. The summed E-state index contributed by atoms with van der Waals surface area (Å²) in [6.45, 7) is 5.58. The lowest BCUT2D eigenvalue weighted by Crippen LogP contribution is -2.40. The van der Waals surface area contributed by atoms with Crippen molar-refractivity contribution in [2.75, 3.05) is 18.1 Å². The van der Waals surface area contributed by atoms with Crippen LogP contribution >= 0.6 is 0 Å². The third-order valence-corrected chi connectivity index (χ3v) is 10.0. The van der Waals surface area contributed by atoms with Crippen LogP contribution in [0.3, 0.4) is 0 Å². The lowest BCUT2D eigenvalue weighted by atomic mass is 9.94. The first-order valence-electron chi connectivity index (χ1n) is 16.2. The van der Waals surface area contributed by atoms with Crippen LogP contribution in [0.25, 0.3) is 10.8 Å². The second kappa shape index (κ2) is 14.5. The van der Waals surface area contributed by atoms with Gasteiger partial charge in [0.1, 0.15) is 5.75 Å². The highest BCUT2D eigenvalue weighted by Gasteiger charge is 2.34. The van der Waals surface area contributed by atoms with Gasteiger partial charge in [-0.05, 0) is 71.3 Å². The molecule has 0 radical (unpaired) electrons. The molecule has 0 saturated carbocycles. The number of para-hydroxylation sites is 1. The summed E-state index contributed by atoms with van der Waals surface area (Å²) >= 11 is 0. The smallest absolute Gasteiger partial charge is 0.241 e. The molecule has 1 heterocycles. The first-order chi connectivity index (χ1) is 22.8. The zero-order chi connectivity index (χ0) is 32.8. The lowest BCUT2D eigenvalue weighted by Gasteiger charge is -2.37. The van der Waals surface area contributed by atoms with Crippen molar-refractivity contribution in [3.63, 3.8) is 0 Å². The Hall–Kier alpha value is -4.50. The third-order valence-electron chi connectivity index (χ3n) is 8.57. The van der Waals surface area contributed by atoms with E-state index in [2.05, 4.69) is 36.0 Å². The highest BCUT2D eigenvalue weighted by Crippen LogP contribution is 2.40. The fraction of sp³-hybridized carbons (Fsp3) is 0.256. The van der Waals surface area contributed by atoms with Gasteiger partial charge in [0.15, 0.2) is 0 Å². The molecule has 6 rings (SSSR count). The van der Waals surface area contributed by atoms with Crippen LogP contribution in [0.4, 0.5) is 5.69 Å². The zero-order valence-electron chi connectivity index (χ0n) is 26.8. The van der Waals surface area contributed by atoms with Gasteiger partial charge in [0, 0.05) is 30.1 Å². The number of ether oxygens (including phenoxy) is 1. The molecule has 242 valence electrons. The van der Waals surface area contributed by atoms with Gasteiger partial charge in [-0.3, -0.25) is 4.79 Å². The van der Waals surface area contributed by atoms with Crippen LogP contribution in [-0.2, 0) is 21.2 Å². The molecule has 5 aromatic rings. The molecule has 5 aromatic carbocycles. The fourth-order valence-electron chi connectivity index (χ4n) is 6.22. The average molecular weight is 648 g/mol. The molecule has 0 fully saturated rings. The Morgan fingerprint density at radius 1 is 0.851 bits per heavy atom. The van der Waals surface area contributed by atoms with Crippen LogP contribution in [0, 0.1) is 0 Å². The van der Waals surface area contributed by atoms with E-state index >= 15 is 0 Å². The van der Waals surface area contributed by atoms with Crippen molar-refractivity contribution in [2.45, 2.75) is 56.1 Å². The Balaban J connectivity index is 1.33. The summed E-state index contributed by atoms with van der Waals surface area (Å²) < 4.78 is 36.7. The molecule has 1 aliphatic rings. The van der Waals surface area contributed by atoms with E-state index < -0.39 is 16.1 Å². The minimum Gasteiger partial charge on any atom is -0.493 e. The quantitative estimate of drug-likeness (QED) is 0.148. The highest BCUT2D eigenvalue weighted by molar-refractivity contribution is 7.89. The summed E-state index contributed by atoms with van der Waals surface area (Å²) in [5.74, 6) is 0.586. The van der Waals surface area contributed by atoms with Gasteiger partial charge < -0.3 is 15.0 Å². The van der Waals surface area contributed by atoms with E-state index in [9.17, 15) is 13.2 Å². The summed E-state index contributed by atoms with van der Waals surface area (Å²) in [6.07, 6.45) is 1.39. The monoisotopic (exact) mass is 647 g/mol. The van der Waals surface area contributed by atoms with E-state index in [1.165, 1.54) is 0 Å². The number of benzene rings is 5. The predicted octanol–water partition coefficient (Wildman–Crippen LogP) is 7.35. The summed E-state index contributed by atoms with van der Waals surface area (Å²) in [4.78, 5) is 16.6. The molecule has 47 heavy (non-hydrogen) atoms. The first-order valence-corrected chi connectivity index (χ1v) is 17.7. The highest BCUT2D eigenvalue weighted by atomic mass is 32.2. The number of nitrogens with one attached hydrogen (secondary N) is 2. The molecule has 7 nitrogen and oxygen atoms in total. The van der Waals surface area contributed by atoms with Crippen molar-refractivity contribution in [3.05, 3.63) is 138 Å². The van der Waals surface area contributed by atoms with Crippen molar-refractivity contribution < 1.29 is 17.9 Å². The Morgan fingerprint density at radius 3 is 2.30 bits per heavy atom. The maximum atomic E-state index is 14.6.